The Bertz CT molecular complexity index is 1540. The van der Waals surface area contributed by atoms with Gasteiger partial charge in [0.25, 0.3) is 0 Å². The number of aryl methyl sites for hydroxylation is 2. The Morgan fingerprint density at radius 2 is 1.74 bits per heavy atom. The lowest BCUT2D eigenvalue weighted by Crippen LogP contribution is -2.31. The molecule has 1 atom stereocenters. The van der Waals surface area contributed by atoms with E-state index < -0.39 is 11.4 Å². The molecule has 1 unspecified atom stereocenters. The van der Waals surface area contributed by atoms with Crippen LogP contribution < -0.4 is 4.74 Å². The van der Waals surface area contributed by atoms with E-state index in [2.05, 4.69) is 15.0 Å². The highest BCUT2D eigenvalue weighted by molar-refractivity contribution is 6.40. The van der Waals surface area contributed by atoms with Gasteiger partial charge in [0.1, 0.15) is 11.6 Å². The normalized spacial score (nSPS) is 13.1. The van der Waals surface area contributed by atoms with Gasteiger partial charge < -0.3 is 14.4 Å². The average molecular weight is 509 g/mol. The van der Waals surface area contributed by atoms with Gasteiger partial charge in [-0.2, -0.15) is 0 Å². The van der Waals surface area contributed by atoms with E-state index in [1.165, 1.54) is 24.3 Å². The number of pyridine rings is 2. The average Bonchev–Trinajstić information content (AvgIpc) is 3.29. The summed E-state index contributed by atoms with van der Waals surface area (Å²) in [5.41, 5.74) is 1.39. The maximum absolute atomic E-state index is 13.3. The summed E-state index contributed by atoms with van der Waals surface area (Å²) >= 11 is 13.1. The lowest BCUT2D eigenvalue weighted by molar-refractivity contribution is 0.117. The first-order chi connectivity index (χ1) is 16.8. The molecule has 0 spiro atoms. The van der Waals surface area contributed by atoms with Crippen molar-refractivity contribution in [2.45, 2.75) is 12.5 Å². The second-order valence-electron chi connectivity index (χ2n) is 8.12. The molecule has 3 aromatic heterocycles. The molecular formula is C26H19Cl2FN4O2. The topological polar surface area (TPSA) is 73.1 Å². The van der Waals surface area contributed by atoms with Gasteiger partial charge in [-0.1, -0.05) is 35.3 Å². The van der Waals surface area contributed by atoms with Crippen LogP contribution in [0.2, 0.25) is 10.2 Å². The van der Waals surface area contributed by atoms with Gasteiger partial charge in [-0.15, -0.1) is 0 Å². The fourth-order valence-corrected chi connectivity index (χ4v) is 4.51. The van der Waals surface area contributed by atoms with Crippen LogP contribution >= 0.6 is 23.2 Å². The molecule has 0 aliphatic rings. The van der Waals surface area contributed by atoms with Crippen molar-refractivity contribution in [1.29, 1.82) is 0 Å². The number of rotatable bonds is 5. The number of fused-ring (bicyclic) bond motifs is 1. The van der Waals surface area contributed by atoms with E-state index in [-0.39, 0.29) is 15.9 Å². The minimum atomic E-state index is -1.58. The molecule has 1 N–H and O–H groups in total. The van der Waals surface area contributed by atoms with Crippen molar-refractivity contribution in [2.24, 2.45) is 7.05 Å². The fraction of sp³-hybridized carbons (Fsp3) is 0.115. The standard InChI is InChI=1S/C26H19Cl2FN4O2/c1-15-3-4-17(12-31-15)26(34,22-13-30-14-33(22)2)16-5-10-21-20(11-16)23(27)24(25(28)32-21)35-19-8-6-18(29)7-9-19/h3-14,34H,1-2H3. The summed E-state index contributed by atoms with van der Waals surface area (Å²) in [5, 5.41) is 13.0. The number of imidazole rings is 1. The Balaban J connectivity index is 1.69. The van der Waals surface area contributed by atoms with E-state index in [4.69, 9.17) is 27.9 Å². The molecule has 0 fully saturated rings. The quantitative estimate of drug-likeness (QED) is 0.286. The summed E-state index contributed by atoms with van der Waals surface area (Å²) in [5.74, 6) is 0.0890. The molecule has 5 aromatic rings. The van der Waals surface area contributed by atoms with E-state index in [9.17, 15) is 9.50 Å². The molecule has 9 heteroatoms. The summed E-state index contributed by atoms with van der Waals surface area (Å²) in [6.07, 6.45) is 4.86. The van der Waals surface area contributed by atoms with Gasteiger partial charge in [-0.05, 0) is 55.0 Å². The predicted octanol–water partition coefficient (Wildman–Crippen LogP) is 6.19. The summed E-state index contributed by atoms with van der Waals surface area (Å²) in [6.45, 7) is 1.88. The highest BCUT2D eigenvalue weighted by Gasteiger charge is 2.37. The van der Waals surface area contributed by atoms with Crippen LogP contribution in [0.4, 0.5) is 4.39 Å². The number of hydrogen-bond donors (Lipinski definition) is 1. The first-order valence-electron chi connectivity index (χ1n) is 10.6. The van der Waals surface area contributed by atoms with Crippen molar-refractivity contribution < 1.29 is 14.2 Å². The van der Waals surface area contributed by atoms with E-state index in [0.717, 1.165) is 5.69 Å². The Morgan fingerprint density at radius 1 is 1.00 bits per heavy atom. The summed E-state index contributed by atoms with van der Waals surface area (Å²) in [7, 11) is 1.80. The van der Waals surface area contributed by atoms with Crippen LogP contribution in [0.1, 0.15) is 22.5 Å². The summed E-state index contributed by atoms with van der Waals surface area (Å²) in [6, 6.07) is 14.4. The van der Waals surface area contributed by atoms with Gasteiger partial charge in [0, 0.05) is 29.9 Å². The molecule has 0 radical (unpaired) electrons. The van der Waals surface area contributed by atoms with E-state index >= 15 is 0 Å². The van der Waals surface area contributed by atoms with Gasteiger partial charge in [0.2, 0.25) is 0 Å². The number of aliphatic hydroxyl groups is 1. The minimum Gasteiger partial charge on any atom is -0.453 e. The Labute approximate surface area is 210 Å². The molecule has 0 saturated heterocycles. The molecule has 0 aliphatic carbocycles. The predicted molar refractivity (Wildman–Crippen MR) is 133 cm³/mol. The Morgan fingerprint density at radius 3 is 2.40 bits per heavy atom. The number of hydrogen-bond acceptors (Lipinski definition) is 5. The maximum atomic E-state index is 13.3. The highest BCUT2D eigenvalue weighted by atomic mass is 35.5. The molecule has 0 amide bonds. The third-order valence-electron chi connectivity index (χ3n) is 5.81. The monoisotopic (exact) mass is 508 g/mol. The second kappa shape index (κ2) is 8.92. The van der Waals surface area contributed by atoms with Crippen molar-refractivity contribution >= 4 is 34.1 Å². The molecule has 35 heavy (non-hydrogen) atoms. The second-order valence-corrected chi connectivity index (χ2v) is 8.86. The van der Waals surface area contributed by atoms with Crippen molar-refractivity contribution in [3.63, 3.8) is 0 Å². The van der Waals surface area contributed by atoms with Gasteiger partial charge >= 0.3 is 0 Å². The zero-order chi connectivity index (χ0) is 24.7. The SMILES string of the molecule is Cc1ccc(C(O)(c2ccc3nc(Cl)c(Oc4ccc(F)cc4)c(Cl)c3c2)c2cncn2C)cn1. The fourth-order valence-electron chi connectivity index (χ4n) is 3.96. The van der Waals surface area contributed by atoms with Gasteiger partial charge in [-0.3, -0.25) is 4.98 Å². The zero-order valence-electron chi connectivity index (χ0n) is 18.7. The van der Waals surface area contributed by atoms with Gasteiger partial charge in [-0.25, -0.2) is 14.4 Å². The molecule has 5 rings (SSSR count). The summed E-state index contributed by atoms with van der Waals surface area (Å²) < 4.78 is 20.9. The van der Waals surface area contributed by atoms with Crippen molar-refractivity contribution in [2.75, 3.05) is 0 Å². The smallest absolute Gasteiger partial charge is 0.183 e. The minimum absolute atomic E-state index is 0.0594. The third-order valence-corrected chi connectivity index (χ3v) is 6.44. The largest absolute Gasteiger partial charge is 0.453 e. The number of aromatic nitrogens is 4. The molecule has 3 heterocycles. The Hall–Kier alpha value is -3.52. The Kier molecular flexibility index (Phi) is 5.92. The third kappa shape index (κ3) is 4.12. The van der Waals surface area contributed by atoms with Crippen molar-refractivity contribution in [3.8, 4) is 11.5 Å². The molecule has 0 aliphatic heterocycles. The van der Waals surface area contributed by atoms with Crippen molar-refractivity contribution in [1.82, 2.24) is 19.5 Å². The number of benzene rings is 2. The van der Waals surface area contributed by atoms with E-state index in [1.54, 1.807) is 48.5 Å². The van der Waals surface area contributed by atoms with Crippen LogP contribution in [-0.4, -0.2) is 24.6 Å². The van der Waals surface area contributed by atoms with Crippen LogP contribution in [0, 0.1) is 12.7 Å². The van der Waals surface area contributed by atoms with Gasteiger partial charge in [0.05, 0.1) is 28.8 Å². The van der Waals surface area contributed by atoms with Crippen LogP contribution in [-0.2, 0) is 12.6 Å². The molecule has 2 aromatic carbocycles. The maximum Gasteiger partial charge on any atom is 0.183 e. The van der Waals surface area contributed by atoms with Crippen molar-refractivity contribution in [3.05, 3.63) is 112 Å². The first-order valence-corrected chi connectivity index (χ1v) is 11.4. The number of ether oxygens (including phenoxy) is 1. The highest BCUT2D eigenvalue weighted by Crippen LogP contribution is 2.43. The molecule has 176 valence electrons. The lowest BCUT2D eigenvalue weighted by Gasteiger charge is -2.30. The van der Waals surface area contributed by atoms with Crippen LogP contribution in [0.15, 0.2) is 73.3 Å². The van der Waals surface area contributed by atoms with Crippen LogP contribution in [0.3, 0.4) is 0 Å². The summed E-state index contributed by atoms with van der Waals surface area (Å²) in [4.78, 5) is 13.0. The number of nitrogens with zero attached hydrogens (tertiary/aromatic N) is 4. The zero-order valence-corrected chi connectivity index (χ0v) is 20.2. The van der Waals surface area contributed by atoms with Gasteiger partial charge in [0.15, 0.2) is 16.5 Å². The molecule has 0 bridgehead atoms. The first kappa shape index (κ1) is 23.2. The molecular weight excluding hydrogens is 490 g/mol. The van der Waals surface area contributed by atoms with Crippen LogP contribution in [0.5, 0.6) is 11.5 Å². The van der Waals surface area contributed by atoms with E-state index in [0.29, 0.717) is 33.5 Å². The van der Waals surface area contributed by atoms with Crippen LogP contribution in [0.25, 0.3) is 10.9 Å². The molecule has 6 nitrogen and oxygen atoms in total. The van der Waals surface area contributed by atoms with E-state index in [1.807, 2.05) is 19.1 Å². The number of halogens is 3. The molecule has 0 saturated carbocycles. The lowest BCUT2D eigenvalue weighted by atomic mass is 9.83.